The molecular weight excluding hydrogens is 485 g/mol. The summed E-state index contributed by atoms with van der Waals surface area (Å²) in [5.74, 6) is -3.37. The number of likely N-dealkylation sites (tertiary alicyclic amines) is 1. The van der Waals surface area contributed by atoms with Crippen molar-refractivity contribution in [3.05, 3.63) is 77.8 Å². The highest BCUT2D eigenvalue weighted by Crippen LogP contribution is 2.32. The SMILES string of the molecule is CC(C)COc1ccc(CNC(=O)N(Cc2ccc(F)cc2)[C@H]2CCN(C=CC(N)=O)CC2(F)F)cc1. The number of carbonyl (C=O) groups excluding carboxylic acids is 2. The second-order valence-corrected chi connectivity index (χ2v) is 9.52. The Morgan fingerprint density at radius 3 is 2.41 bits per heavy atom. The smallest absolute Gasteiger partial charge is 0.318 e. The van der Waals surface area contributed by atoms with Crippen molar-refractivity contribution < 1.29 is 27.5 Å². The van der Waals surface area contributed by atoms with Crippen LogP contribution in [-0.2, 0) is 17.9 Å². The fraction of sp³-hybridized carbons (Fsp3) is 0.407. The number of urea groups is 1. The van der Waals surface area contributed by atoms with Crippen molar-refractivity contribution in [1.82, 2.24) is 15.1 Å². The minimum atomic E-state index is -3.27. The monoisotopic (exact) mass is 518 g/mol. The van der Waals surface area contributed by atoms with Crippen molar-refractivity contribution in [2.45, 2.75) is 45.3 Å². The summed E-state index contributed by atoms with van der Waals surface area (Å²) >= 11 is 0. The second kappa shape index (κ2) is 12.5. The zero-order valence-corrected chi connectivity index (χ0v) is 21.0. The third-order valence-corrected chi connectivity index (χ3v) is 5.89. The molecule has 0 saturated carbocycles. The van der Waals surface area contributed by atoms with Gasteiger partial charge in [0.25, 0.3) is 5.92 Å². The van der Waals surface area contributed by atoms with E-state index in [9.17, 15) is 14.0 Å². The molecule has 0 aliphatic carbocycles. The van der Waals surface area contributed by atoms with Crippen LogP contribution < -0.4 is 15.8 Å². The number of piperidine rings is 1. The summed E-state index contributed by atoms with van der Waals surface area (Å²) in [5, 5.41) is 2.74. The molecule has 0 bridgehead atoms. The van der Waals surface area contributed by atoms with Gasteiger partial charge >= 0.3 is 6.03 Å². The summed E-state index contributed by atoms with van der Waals surface area (Å²) in [6.07, 6.45) is 2.23. The third-order valence-electron chi connectivity index (χ3n) is 5.89. The molecule has 1 saturated heterocycles. The Balaban J connectivity index is 1.72. The topological polar surface area (TPSA) is 87.9 Å². The molecule has 3 rings (SSSR count). The van der Waals surface area contributed by atoms with Crippen LogP contribution in [0.2, 0.25) is 0 Å². The molecule has 37 heavy (non-hydrogen) atoms. The highest BCUT2D eigenvalue weighted by atomic mass is 19.3. The van der Waals surface area contributed by atoms with E-state index in [1.807, 2.05) is 13.8 Å². The maximum atomic E-state index is 15.3. The van der Waals surface area contributed by atoms with E-state index in [1.54, 1.807) is 24.3 Å². The molecule has 3 amide bonds. The molecule has 1 atom stereocenters. The van der Waals surface area contributed by atoms with Gasteiger partial charge in [-0.15, -0.1) is 0 Å². The lowest BCUT2D eigenvalue weighted by Crippen LogP contribution is -2.60. The Kier molecular flexibility index (Phi) is 9.43. The number of hydrogen-bond acceptors (Lipinski definition) is 4. The molecule has 2 aromatic carbocycles. The average Bonchev–Trinajstić information content (AvgIpc) is 2.85. The highest BCUT2D eigenvalue weighted by Gasteiger charge is 2.48. The maximum Gasteiger partial charge on any atom is 0.318 e. The number of nitrogens with one attached hydrogen (secondary N) is 1. The van der Waals surface area contributed by atoms with E-state index >= 15 is 8.78 Å². The largest absolute Gasteiger partial charge is 0.493 e. The van der Waals surface area contributed by atoms with Gasteiger partial charge in [-0.05, 0) is 47.7 Å². The van der Waals surface area contributed by atoms with E-state index in [1.165, 1.54) is 35.4 Å². The van der Waals surface area contributed by atoms with E-state index in [0.29, 0.717) is 23.8 Å². The molecule has 1 fully saturated rings. The summed E-state index contributed by atoms with van der Waals surface area (Å²) in [4.78, 5) is 26.6. The first-order chi connectivity index (χ1) is 17.5. The molecule has 10 heteroatoms. The van der Waals surface area contributed by atoms with Crippen LogP contribution in [0, 0.1) is 11.7 Å². The van der Waals surface area contributed by atoms with Crippen LogP contribution >= 0.6 is 0 Å². The van der Waals surface area contributed by atoms with Gasteiger partial charge in [-0.3, -0.25) is 4.79 Å². The van der Waals surface area contributed by atoms with Crippen LogP contribution in [0.15, 0.2) is 60.8 Å². The van der Waals surface area contributed by atoms with Gasteiger partial charge < -0.3 is 25.6 Å². The molecule has 1 aliphatic heterocycles. The first-order valence-electron chi connectivity index (χ1n) is 12.1. The quantitative estimate of drug-likeness (QED) is 0.460. The van der Waals surface area contributed by atoms with Crippen LogP contribution in [0.4, 0.5) is 18.0 Å². The molecule has 2 aromatic rings. The van der Waals surface area contributed by atoms with Gasteiger partial charge in [-0.25, -0.2) is 18.0 Å². The van der Waals surface area contributed by atoms with Gasteiger partial charge in [-0.2, -0.15) is 0 Å². The Morgan fingerprint density at radius 2 is 1.81 bits per heavy atom. The number of alkyl halides is 2. The summed E-state index contributed by atoms with van der Waals surface area (Å²) in [6, 6.07) is 10.5. The Morgan fingerprint density at radius 1 is 1.16 bits per heavy atom. The number of nitrogens with zero attached hydrogens (tertiary/aromatic N) is 2. The number of carbonyl (C=O) groups is 2. The fourth-order valence-corrected chi connectivity index (χ4v) is 4.00. The predicted molar refractivity (Wildman–Crippen MR) is 134 cm³/mol. The number of rotatable bonds is 10. The zero-order valence-electron chi connectivity index (χ0n) is 21.0. The lowest BCUT2D eigenvalue weighted by molar-refractivity contribution is -0.115. The molecule has 0 aromatic heterocycles. The van der Waals surface area contributed by atoms with Gasteiger partial charge in [0, 0.05) is 31.9 Å². The molecule has 0 radical (unpaired) electrons. The minimum absolute atomic E-state index is 0.0351. The van der Waals surface area contributed by atoms with Gasteiger partial charge in [0.15, 0.2) is 0 Å². The molecule has 200 valence electrons. The van der Waals surface area contributed by atoms with E-state index in [-0.39, 0.29) is 26.1 Å². The van der Waals surface area contributed by atoms with Crippen LogP contribution in [0.25, 0.3) is 0 Å². The Hall–Kier alpha value is -3.69. The van der Waals surface area contributed by atoms with Gasteiger partial charge in [0.2, 0.25) is 5.91 Å². The summed E-state index contributed by atoms with van der Waals surface area (Å²) < 4.78 is 49.6. The minimum Gasteiger partial charge on any atom is -0.493 e. The second-order valence-electron chi connectivity index (χ2n) is 9.52. The first kappa shape index (κ1) is 27.9. The van der Waals surface area contributed by atoms with Crippen LogP contribution in [-0.4, -0.2) is 53.4 Å². The molecule has 7 nitrogen and oxygen atoms in total. The van der Waals surface area contributed by atoms with Crippen LogP contribution in [0.3, 0.4) is 0 Å². The average molecular weight is 519 g/mol. The number of ether oxygens (including phenoxy) is 1. The zero-order chi connectivity index (χ0) is 27.0. The molecule has 0 spiro atoms. The van der Waals surface area contributed by atoms with Crippen molar-refractivity contribution in [2.24, 2.45) is 11.7 Å². The summed E-state index contributed by atoms with van der Waals surface area (Å²) in [6.45, 7) is 4.22. The molecular formula is C27H33F3N4O3. The van der Waals surface area contributed by atoms with Gasteiger partial charge in [-0.1, -0.05) is 38.1 Å². The van der Waals surface area contributed by atoms with E-state index < -0.39 is 36.3 Å². The standard InChI is InChI=1S/C27H33F3N4O3/c1-19(2)17-37-23-9-5-20(6-10-23)15-32-26(36)34(16-21-3-7-22(28)8-4-21)24-11-13-33(14-12-25(31)35)18-27(24,29)30/h3-10,12,14,19,24H,11,13,15-18H2,1-2H3,(H2,31,35)(H,32,36)/t24-/m0/s1. The first-order valence-corrected chi connectivity index (χ1v) is 12.1. The predicted octanol–water partition coefficient (Wildman–Crippen LogP) is 4.28. The number of amides is 3. The van der Waals surface area contributed by atoms with Gasteiger partial charge in [0.1, 0.15) is 17.6 Å². The third kappa shape index (κ3) is 8.44. The van der Waals surface area contributed by atoms with Crippen molar-refractivity contribution in [3.8, 4) is 5.75 Å². The van der Waals surface area contributed by atoms with Crippen molar-refractivity contribution >= 4 is 11.9 Å². The molecule has 3 N–H and O–H groups in total. The normalized spacial score (nSPS) is 17.1. The summed E-state index contributed by atoms with van der Waals surface area (Å²) in [5.41, 5.74) is 6.38. The van der Waals surface area contributed by atoms with E-state index in [0.717, 1.165) is 16.5 Å². The lowest BCUT2D eigenvalue weighted by Gasteiger charge is -2.43. The molecule has 1 aliphatic rings. The molecule has 1 heterocycles. The van der Waals surface area contributed by atoms with E-state index in [4.69, 9.17) is 10.5 Å². The maximum absolute atomic E-state index is 15.3. The number of nitrogens with two attached hydrogens (primary N) is 1. The van der Waals surface area contributed by atoms with Crippen LogP contribution in [0.5, 0.6) is 5.75 Å². The van der Waals surface area contributed by atoms with Crippen molar-refractivity contribution in [2.75, 3.05) is 19.7 Å². The van der Waals surface area contributed by atoms with Crippen molar-refractivity contribution in [1.29, 1.82) is 0 Å². The summed E-state index contributed by atoms with van der Waals surface area (Å²) in [7, 11) is 0. The lowest BCUT2D eigenvalue weighted by atomic mass is 9.98. The van der Waals surface area contributed by atoms with Crippen molar-refractivity contribution in [3.63, 3.8) is 0 Å². The number of primary amides is 1. The van der Waals surface area contributed by atoms with Gasteiger partial charge in [0.05, 0.1) is 13.2 Å². The Bertz CT molecular complexity index is 1080. The fourth-order valence-electron chi connectivity index (χ4n) is 4.00. The number of halogens is 3. The Labute approximate surface area is 215 Å². The van der Waals surface area contributed by atoms with E-state index in [2.05, 4.69) is 5.32 Å². The highest BCUT2D eigenvalue weighted by molar-refractivity contribution is 5.85. The van der Waals surface area contributed by atoms with Crippen LogP contribution in [0.1, 0.15) is 31.4 Å². The number of hydrogen-bond donors (Lipinski definition) is 2. The molecule has 0 unspecified atom stereocenters. The number of benzene rings is 2.